The summed E-state index contributed by atoms with van der Waals surface area (Å²) in [5.41, 5.74) is 13.1. The minimum atomic E-state index is 0.313. The van der Waals surface area contributed by atoms with E-state index in [2.05, 4.69) is 51.5 Å². The van der Waals surface area contributed by atoms with Gasteiger partial charge in [0.15, 0.2) is 0 Å². The fourth-order valence-corrected chi connectivity index (χ4v) is 4.07. The van der Waals surface area contributed by atoms with Gasteiger partial charge in [0.1, 0.15) is 0 Å². The van der Waals surface area contributed by atoms with Crippen LogP contribution in [0.4, 0.5) is 0 Å². The van der Waals surface area contributed by atoms with Crippen molar-refractivity contribution in [1.82, 2.24) is 20.1 Å². The summed E-state index contributed by atoms with van der Waals surface area (Å²) in [6.45, 7) is 4.28. The smallest absolute Gasteiger partial charge is 0.0765 e. The molecule has 3 N–H and O–H groups in total. The van der Waals surface area contributed by atoms with Crippen molar-refractivity contribution in [3.63, 3.8) is 0 Å². The van der Waals surface area contributed by atoms with Crippen molar-refractivity contribution in [3.8, 4) is 0 Å². The minimum Gasteiger partial charge on any atom is -0.326 e. The lowest BCUT2D eigenvalue weighted by atomic mass is 9.90. The number of fused-ring (bicyclic) bond motifs is 1. The average molecular weight is 361 g/mol. The predicted octanol–water partition coefficient (Wildman–Crippen LogP) is 3.65. The zero-order valence-electron chi connectivity index (χ0n) is 15.9. The monoisotopic (exact) mass is 361 g/mol. The van der Waals surface area contributed by atoms with Crippen molar-refractivity contribution in [1.29, 1.82) is 0 Å². The predicted molar refractivity (Wildman–Crippen MR) is 107 cm³/mol. The van der Waals surface area contributed by atoms with Crippen LogP contribution in [0, 0.1) is 6.92 Å². The highest BCUT2D eigenvalue weighted by Crippen LogP contribution is 2.34. The lowest BCUT2D eigenvalue weighted by Gasteiger charge is -2.34. The third-order valence-corrected chi connectivity index (χ3v) is 5.34. The third kappa shape index (κ3) is 4.10. The molecule has 1 aliphatic rings. The van der Waals surface area contributed by atoms with Crippen molar-refractivity contribution >= 4 is 0 Å². The van der Waals surface area contributed by atoms with Gasteiger partial charge in [-0.05, 0) is 55.0 Å². The van der Waals surface area contributed by atoms with Crippen LogP contribution in [0.1, 0.15) is 52.7 Å². The van der Waals surface area contributed by atoms with Gasteiger partial charge in [0.2, 0.25) is 0 Å². The summed E-state index contributed by atoms with van der Waals surface area (Å²) in [7, 11) is 0. The summed E-state index contributed by atoms with van der Waals surface area (Å²) < 4.78 is 0. The first kappa shape index (κ1) is 17.9. The van der Waals surface area contributed by atoms with E-state index in [-0.39, 0.29) is 0 Å². The molecular weight excluding hydrogens is 334 g/mol. The Bertz CT molecular complexity index is 901. The molecule has 0 fully saturated rings. The van der Waals surface area contributed by atoms with Crippen LogP contribution < -0.4 is 5.73 Å². The normalized spacial score (nSPS) is 16.5. The number of hydrogen-bond acceptors (Lipinski definition) is 4. The highest BCUT2D eigenvalue weighted by atomic mass is 15.2. The maximum absolute atomic E-state index is 5.84. The van der Waals surface area contributed by atoms with Crippen LogP contribution in [-0.2, 0) is 26.1 Å². The number of aryl methyl sites for hydroxylation is 2. The summed E-state index contributed by atoms with van der Waals surface area (Å²) in [5, 5.41) is 7.54. The lowest BCUT2D eigenvalue weighted by Crippen LogP contribution is -2.31. The van der Waals surface area contributed by atoms with Crippen LogP contribution in [-0.4, -0.2) is 20.1 Å². The van der Waals surface area contributed by atoms with Gasteiger partial charge in [-0.25, -0.2) is 0 Å². The van der Waals surface area contributed by atoms with Gasteiger partial charge in [-0.3, -0.25) is 15.0 Å². The molecule has 0 radical (unpaired) electrons. The highest BCUT2D eigenvalue weighted by Gasteiger charge is 2.27. The molecule has 1 aromatic carbocycles. The summed E-state index contributed by atoms with van der Waals surface area (Å²) in [4.78, 5) is 7.26. The first-order valence-corrected chi connectivity index (χ1v) is 9.69. The van der Waals surface area contributed by atoms with Crippen LogP contribution in [0.5, 0.6) is 0 Å². The molecule has 4 rings (SSSR count). The van der Waals surface area contributed by atoms with Gasteiger partial charge < -0.3 is 5.73 Å². The number of H-pyrrole nitrogens is 1. The van der Waals surface area contributed by atoms with E-state index in [1.165, 1.54) is 28.8 Å². The van der Waals surface area contributed by atoms with Gasteiger partial charge in [0, 0.05) is 31.5 Å². The molecule has 3 aromatic rings. The lowest BCUT2D eigenvalue weighted by molar-refractivity contribution is 0.155. The topological polar surface area (TPSA) is 70.8 Å². The van der Waals surface area contributed by atoms with E-state index >= 15 is 0 Å². The van der Waals surface area contributed by atoms with Gasteiger partial charge in [-0.2, -0.15) is 5.10 Å². The van der Waals surface area contributed by atoms with Crippen molar-refractivity contribution in [2.75, 3.05) is 0 Å². The first-order chi connectivity index (χ1) is 13.2. The molecule has 140 valence electrons. The number of aromatic nitrogens is 3. The van der Waals surface area contributed by atoms with E-state index in [1.807, 2.05) is 19.2 Å². The Hall–Kier alpha value is -2.50. The molecule has 0 saturated carbocycles. The molecule has 1 atom stereocenters. The number of pyridine rings is 1. The quantitative estimate of drug-likeness (QED) is 0.703. The summed E-state index contributed by atoms with van der Waals surface area (Å²) >= 11 is 0. The molecule has 5 heteroatoms. The maximum atomic E-state index is 5.84. The Labute approximate surface area is 160 Å². The van der Waals surface area contributed by atoms with Gasteiger partial charge in [-0.1, -0.05) is 30.3 Å². The molecule has 0 amide bonds. The summed E-state index contributed by atoms with van der Waals surface area (Å²) in [6.07, 6.45) is 5.37. The average Bonchev–Trinajstić information content (AvgIpc) is 3.12. The number of aromatic amines is 1. The van der Waals surface area contributed by atoms with Gasteiger partial charge in [-0.15, -0.1) is 0 Å². The molecule has 0 aliphatic heterocycles. The first-order valence-electron chi connectivity index (χ1n) is 9.69. The van der Waals surface area contributed by atoms with Crippen molar-refractivity contribution in [3.05, 3.63) is 82.4 Å². The van der Waals surface area contributed by atoms with E-state index in [0.29, 0.717) is 12.6 Å². The van der Waals surface area contributed by atoms with E-state index < -0.39 is 0 Å². The number of nitrogens with two attached hydrogens (primary N) is 1. The Morgan fingerprint density at radius 1 is 1.15 bits per heavy atom. The molecule has 27 heavy (non-hydrogen) atoms. The van der Waals surface area contributed by atoms with Crippen molar-refractivity contribution in [2.24, 2.45) is 5.73 Å². The number of benzene rings is 1. The second-order valence-electron chi connectivity index (χ2n) is 7.43. The zero-order chi connectivity index (χ0) is 18.6. The second-order valence-corrected chi connectivity index (χ2v) is 7.43. The minimum absolute atomic E-state index is 0.313. The second kappa shape index (κ2) is 8.03. The van der Waals surface area contributed by atoms with Crippen molar-refractivity contribution in [2.45, 2.75) is 51.9 Å². The molecule has 0 spiro atoms. The largest absolute Gasteiger partial charge is 0.326 e. The zero-order valence-corrected chi connectivity index (χ0v) is 15.9. The maximum Gasteiger partial charge on any atom is 0.0765 e. The SMILES string of the molecule is Cc1cc(CN(Cc2cccc(CN)c2)C2CCCc3cccnc32)n[nH]1. The van der Waals surface area contributed by atoms with E-state index in [0.717, 1.165) is 37.3 Å². The molecule has 2 heterocycles. The molecular formula is C22H27N5. The van der Waals surface area contributed by atoms with E-state index in [9.17, 15) is 0 Å². The van der Waals surface area contributed by atoms with Gasteiger partial charge in [0.25, 0.3) is 0 Å². The Morgan fingerprint density at radius 2 is 2.04 bits per heavy atom. The number of hydrogen-bond donors (Lipinski definition) is 2. The van der Waals surface area contributed by atoms with E-state index in [1.54, 1.807) is 0 Å². The summed E-state index contributed by atoms with van der Waals surface area (Å²) in [5.74, 6) is 0. The van der Waals surface area contributed by atoms with Gasteiger partial charge in [0.05, 0.1) is 17.4 Å². The molecule has 0 bridgehead atoms. The van der Waals surface area contributed by atoms with Crippen LogP contribution in [0.3, 0.4) is 0 Å². The van der Waals surface area contributed by atoms with Crippen LogP contribution in [0.2, 0.25) is 0 Å². The molecule has 1 aliphatic carbocycles. The molecule has 2 aromatic heterocycles. The molecule has 1 unspecified atom stereocenters. The Balaban J connectivity index is 1.65. The fourth-order valence-electron chi connectivity index (χ4n) is 4.07. The summed E-state index contributed by atoms with van der Waals surface area (Å²) in [6, 6.07) is 15.3. The molecule has 0 saturated heterocycles. The fraction of sp³-hybridized carbons (Fsp3) is 0.364. The Kier molecular flexibility index (Phi) is 5.32. The van der Waals surface area contributed by atoms with E-state index in [4.69, 9.17) is 10.7 Å². The van der Waals surface area contributed by atoms with Crippen LogP contribution in [0.25, 0.3) is 0 Å². The molecule has 5 nitrogen and oxygen atoms in total. The van der Waals surface area contributed by atoms with Crippen molar-refractivity contribution < 1.29 is 0 Å². The Morgan fingerprint density at radius 3 is 2.85 bits per heavy atom. The standard InChI is InChI=1S/C22H27N5/c1-16-11-20(26-25-16)15-27(14-18-6-2-5-17(12-18)13-23)21-9-3-7-19-8-4-10-24-22(19)21/h2,4-6,8,10-12,21H,3,7,9,13-15,23H2,1H3,(H,25,26). The highest BCUT2D eigenvalue weighted by molar-refractivity contribution is 5.27. The van der Waals surface area contributed by atoms with Gasteiger partial charge >= 0.3 is 0 Å². The van der Waals surface area contributed by atoms with Crippen LogP contribution >= 0.6 is 0 Å². The number of nitrogens with zero attached hydrogens (tertiary/aromatic N) is 3. The van der Waals surface area contributed by atoms with Crippen LogP contribution in [0.15, 0.2) is 48.7 Å². The third-order valence-electron chi connectivity index (χ3n) is 5.34. The number of rotatable bonds is 6. The number of nitrogens with one attached hydrogen (secondary N) is 1.